The Hall–Kier alpha value is -0.570. The highest BCUT2D eigenvalue weighted by Gasteiger charge is 2.20. The van der Waals surface area contributed by atoms with E-state index in [9.17, 15) is 0 Å². The molecule has 1 fully saturated rings. The molecule has 0 bridgehead atoms. The number of nitrogens with two attached hydrogens (primary N) is 1. The summed E-state index contributed by atoms with van der Waals surface area (Å²) >= 11 is 0. The van der Waals surface area contributed by atoms with Crippen LogP contribution in [0.25, 0.3) is 0 Å². The first-order valence-corrected chi connectivity index (χ1v) is 6.71. The molecule has 0 amide bonds. The molecular formula is C15H25ClN2. The number of rotatable bonds is 3. The van der Waals surface area contributed by atoms with Crippen LogP contribution in [0.15, 0.2) is 18.2 Å². The van der Waals surface area contributed by atoms with Gasteiger partial charge in [0.05, 0.1) is 0 Å². The Morgan fingerprint density at radius 1 is 1.22 bits per heavy atom. The minimum absolute atomic E-state index is 0. The lowest BCUT2D eigenvalue weighted by Crippen LogP contribution is -2.43. The fourth-order valence-corrected chi connectivity index (χ4v) is 2.67. The molecule has 3 heteroatoms. The highest BCUT2D eigenvalue weighted by molar-refractivity contribution is 5.85. The lowest BCUT2D eigenvalue weighted by molar-refractivity contribution is 0.145. The van der Waals surface area contributed by atoms with Gasteiger partial charge in [0, 0.05) is 19.1 Å². The van der Waals surface area contributed by atoms with E-state index in [0.717, 1.165) is 13.1 Å². The molecule has 0 spiro atoms. The lowest BCUT2D eigenvalue weighted by atomic mass is 10.00. The van der Waals surface area contributed by atoms with Gasteiger partial charge in [-0.2, -0.15) is 0 Å². The number of aryl methyl sites for hydroxylation is 2. The molecule has 2 N–H and O–H groups in total. The van der Waals surface area contributed by atoms with E-state index >= 15 is 0 Å². The molecule has 1 aliphatic heterocycles. The summed E-state index contributed by atoms with van der Waals surface area (Å²) in [6.07, 6.45) is 3.92. The molecule has 2 rings (SSSR count). The second-order valence-corrected chi connectivity index (χ2v) is 5.27. The SMILES string of the molecule is Cc1ccc(CN2CCCCC2CN)cc1C.Cl. The average Bonchev–Trinajstić information content (AvgIpc) is 2.34. The van der Waals surface area contributed by atoms with Gasteiger partial charge in [0.15, 0.2) is 0 Å². The number of likely N-dealkylation sites (tertiary alicyclic amines) is 1. The van der Waals surface area contributed by atoms with E-state index < -0.39 is 0 Å². The maximum atomic E-state index is 5.86. The van der Waals surface area contributed by atoms with Gasteiger partial charge in [-0.1, -0.05) is 24.6 Å². The van der Waals surface area contributed by atoms with Crippen molar-refractivity contribution in [2.75, 3.05) is 13.1 Å². The molecule has 18 heavy (non-hydrogen) atoms. The minimum Gasteiger partial charge on any atom is -0.329 e. The highest BCUT2D eigenvalue weighted by Crippen LogP contribution is 2.20. The van der Waals surface area contributed by atoms with E-state index in [-0.39, 0.29) is 12.4 Å². The van der Waals surface area contributed by atoms with Gasteiger partial charge in [-0.15, -0.1) is 12.4 Å². The van der Waals surface area contributed by atoms with Crippen LogP contribution in [0, 0.1) is 13.8 Å². The third kappa shape index (κ3) is 3.71. The first-order chi connectivity index (χ1) is 8.20. The van der Waals surface area contributed by atoms with Gasteiger partial charge in [-0.25, -0.2) is 0 Å². The third-order valence-corrected chi connectivity index (χ3v) is 3.98. The maximum Gasteiger partial charge on any atom is 0.0237 e. The van der Waals surface area contributed by atoms with Crippen molar-refractivity contribution in [1.29, 1.82) is 0 Å². The molecule has 1 heterocycles. The number of hydrogen-bond donors (Lipinski definition) is 1. The Kier molecular flexibility index (Phi) is 6.13. The van der Waals surface area contributed by atoms with Crippen LogP contribution in [-0.2, 0) is 6.54 Å². The van der Waals surface area contributed by atoms with E-state index in [0.29, 0.717) is 6.04 Å². The lowest BCUT2D eigenvalue weighted by Gasteiger charge is -2.35. The van der Waals surface area contributed by atoms with E-state index in [1.807, 2.05) is 0 Å². The van der Waals surface area contributed by atoms with Crippen molar-refractivity contribution in [1.82, 2.24) is 4.90 Å². The van der Waals surface area contributed by atoms with Crippen molar-refractivity contribution in [2.45, 2.75) is 45.7 Å². The zero-order valence-electron chi connectivity index (χ0n) is 11.5. The molecular weight excluding hydrogens is 244 g/mol. The van der Waals surface area contributed by atoms with Gasteiger partial charge in [0.25, 0.3) is 0 Å². The van der Waals surface area contributed by atoms with Gasteiger partial charge in [-0.05, 0) is 49.9 Å². The first kappa shape index (κ1) is 15.5. The Morgan fingerprint density at radius 2 is 2.00 bits per heavy atom. The standard InChI is InChI=1S/C15H24N2.ClH/c1-12-6-7-14(9-13(12)2)11-17-8-4-3-5-15(17)10-16;/h6-7,9,15H,3-5,8,10-11,16H2,1-2H3;1H. The number of benzene rings is 1. The topological polar surface area (TPSA) is 29.3 Å². The Labute approximate surface area is 117 Å². The monoisotopic (exact) mass is 268 g/mol. The van der Waals surface area contributed by atoms with Crippen molar-refractivity contribution in [3.8, 4) is 0 Å². The van der Waals surface area contributed by atoms with Crippen molar-refractivity contribution >= 4 is 12.4 Å². The number of piperidine rings is 1. The fraction of sp³-hybridized carbons (Fsp3) is 0.600. The smallest absolute Gasteiger partial charge is 0.0237 e. The fourth-order valence-electron chi connectivity index (χ4n) is 2.67. The molecule has 0 radical (unpaired) electrons. The van der Waals surface area contributed by atoms with Gasteiger partial charge >= 0.3 is 0 Å². The molecule has 0 aromatic heterocycles. The normalized spacial score (nSPS) is 20.5. The zero-order chi connectivity index (χ0) is 12.3. The molecule has 1 atom stereocenters. The van der Waals surface area contributed by atoms with Crippen LogP contribution in [0.2, 0.25) is 0 Å². The summed E-state index contributed by atoms with van der Waals surface area (Å²) in [6.45, 7) is 7.42. The number of hydrogen-bond acceptors (Lipinski definition) is 2. The summed E-state index contributed by atoms with van der Waals surface area (Å²) in [5.74, 6) is 0. The van der Waals surface area contributed by atoms with Gasteiger partial charge in [0.1, 0.15) is 0 Å². The molecule has 1 unspecified atom stereocenters. The summed E-state index contributed by atoms with van der Waals surface area (Å²) in [4.78, 5) is 2.55. The Balaban J connectivity index is 0.00000162. The highest BCUT2D eigenvalue weighted by atomic mass is 35.5. The van der Waals surface area contributed by atoms with Crippen molar-refractivity contribution in [3.05, 3.63) is 34.9 Å². The summed E-state index contributed by atoms with van der Waals surface area (Å²) in [5.41, 5.74) is 10.1. The summed E-state index contributed by atoms with van der Waals surface area (Å²) < 4.78 is 0. The molecule has 0 saturated carbocycles. The Bertz CT molecular complexity index is 379. The Morgan fingerprint density at radius 3 is 2.67 bits per heavy atom. The zero-order valence-corrected chi connectivity index (χ0v) is 12.3. The van der Waals surface area contributed by atoms with Crippen LogP contribution in [0.4, 0.5) is 0 Å². The van der Waals surface area contributed by atoms with Crippen LogP contribution in [0.5, 0.6) is 0 Å². The van der Waals surface area contributed by atoms with E-state index in [2.05, 4.69) is 36.9 Å². The van der Waals surface area contributed by atoms with Crippen LogP contribution in [0.3, 0.4) is 0 Å². The van der Waals surface area contributed by atoms with Crippen LogP contribution < -0.4 is 5.73 Å². The summed E-state index contributed by atoms with van der Waals surface area (Å²) in [6, 6.07) is 7.39. The van der Waals surface area contributed by atoms with Crippen LogP contribution in [-0.4, -0.2) is 24.0 Å². The maximum absolute atomic E-state index is 5.86. The molecule has 1 aromatic rings. The van der Waals surface area contributed by atoms with E-state index in [4.69, 9.17) is 5.73 Å². The largest absolute Gasteiger partial charge is 0.329 e. The minimum atomic E-state index is 0. The second kappa shape index (κ2) is 7.13. The molecule has 2 nitrogen and oxygen atoms in total. The number of nitrogens with zero attached hydrogens (tertiary/aromatic N) is 1. The van der Waals surface area contributed by atoms with Crippen LogP contribution in [0.1, 0.15) is 36.0 Å². The predicted octanol–water partition coefficient (Wildman–Crippen LogP) is 3.04. The van der Waals surface area contributed by atoms with Gasteiger partial charge in [0.2, 0.25) is 0 Å². The second-order valence-electron chi connectivity index (χ2n) is 5.27. The number of halogens is 1. The summed E-state index contributed by atoms with van der Waals surface area (Å²) in [7, 11) is 0. The molecule has 102 valence electrons. The van der Waals surface area contributed by atoms with E-state index in [1.54, 1.807) is 0 Å². The molecule has 0 aliphatic carbocycles. The van der Waals surface area contributed by atoms with Gasteiger partial charge < -0.3 is 5.73 Å². The third-order valence-electron chi connectivity index (χ3n) is 3.98. The van der Waals surface area contributed by atoms with Crippen LogP contribution >= 0.6 is 12.4 Å². The summed E-state index contributed by atoms with van der Waals surface area (Å²) in [5, 5.41) is 0. The molecule has 1 saturated heterocycles. The first-order valence-electron chi connectivity index (χ1n) is 6.71. The average molecular weight is 269 g/mol. The van der Waals surface area contributed by atoms with Crippen molar-refractivity contribution < 1.29 is 0 Å². The predicted molar refractivity (Wildman–Crippen MR) is 80.3 cm³/mol. The molecule has 1 aliphatic rings. The van der Waals surface area contributed by atoms with Gasteiger partial charge in [-0.3, -0.25) is 4.90 Å². The molecule has 1 aromatic carbocycles. The van der Waals surface area contributed by atoms with Crippen molar-refractivity contribution in [3.63, 3.8) is 0 Å². The van der Waals surface area contributed by atoms with Crippen molar-refractivity contribution in [2.24, 2.45) is 5.73 Å². The van der Waals surface area contributed by atoms with E-state index in [1.165, 1.54) is 42.5 Å². The quantitative estimate of drug-likeness (QED) is 0.913.